The number of halogens is 2. The molecule has 0 bridgehead atoms. The number of thiophene rings is 1. The molecule has 0 aliphatic heterocycles. The highest BCUT2D eigenvalue weighted by molar-refractivity contribution is 9.10. The van der Waals surface area contributed by atoms with E-state index in [-0.39, 0.29) is 5.78 Å². The maximum absolute atomic E-state index is 12.1. The van der Waals surface area contributed by atoms with Crippen molar-refractivity contribution in [2.75, 3.05) is 0 Å². The summed E-state index contributed by atoms with van der Waals surface area (Å²) in [5.41, 5.74) is 3.50. The van der Waals surface area contributed by atoms with Crippen LogP contribution in [0.2, 0.25) is 4.34 Å². The quantitative estimate of drug-likeness (QED) is 0.699. The molecule has 0 radical (unpaired) electrons. The van der Waals surface area contributed by atoms with E-state index < -0.39 is 0 Å². The van der Waals surface area contributed by atoms with Gasteiger partial charge in [-0.3, -0.25) is 4.79 Å². The van der Waals surface area contributed by atoms with Gasteiger partial charge in [-0.25, -0.2) is 0 Å². The van der Waals surface area contributed by atoms with Gasteiger partial charge in [0.25, 0.3) is 0 Å². The molecule has 0 aliphatic carbocycles. The van der Waals surface area contributed by atoms with Crippen LogP contribution in [0.15, 0.2) is 28.7 Å². The molecule has 0 N–H and O–H groups in total. The third kappa shape index (κ3) is 3.02. The fourth-order valence-corrected chi connectivity index (χ4v) is 3.31. The van der Waals surface area contributed by atoms with Crippen LogP contribution in [-0.4, -0.2) is 5.78 Å². The summed E-state index contributed by atoms with van der Waals surface area (Å²) in [6, 6.07) is 7.91. The molecule has 4 heteroatoms. The van der Waals surface area contributed by atoms with Gasteiger partial charge in [0.2, 0.25) is 0 Å². The topological polar surface area (TPSA) is 17.1 Å². The van der Waals surface area contributed by atoms with Crippen LogP contribution < -0.4 is 0 Å². The first-order valence-electron chi connectivity index (χ1n) is 5.51. The van der Waals surface area contributed by atoms with Crippen LogP contribution in [-0.2, 0) is 6.42 Å². The minimum Gasteiger partial charge on any atom is -0.293 e. The standard InChI is InChI=1S/C14H12BrClOS/c1-8-3-4-10(5-9(8)2)6-12(17)13-7-11(15)14(16)18-13/h3-5,7H,6H2,1-2H3. The molecule has 2 rings (SSSR count). The Balaban J connectivity index is 2.18. The predicted octanol–water partition coefficient (Wildman–Crippen LogP) is 5.21. The Bertz CT molecular complexity index is 584. The van der Waals surface area contributed by atoms with Gasteiger partial charge in [0.15, 0.2) is 5.78 Å². The number of Topliss-reactive ketones (excluding diaryl/α,β-unsaturated/α-hetero) is 1. The van der Waals surface area contributed by atoms with Gasteiger partial charge in [-0.05, 0) is 52.5 Å². The highest BCUT2D eigenvalue weighted by Gasteiger charge is 2.13. The molecule has 0 amide bonds. The maximum Gasteiger partial charge on any atom is 0.177 e. The van der Waals surface area contributed by atoms with Crippen molar-refractivity contribution in [3.05, 3.63) is 54.6 Å². The van der Waals surface area contributed by atoms with Crippen LogP contribution >= 0.6 is 38.9 Å². The molecule has 18 heavy (non-hydrogen) atoms. The monoisotopic (exact) mass is 342 g/mol. The Kier molecular flexibility index (Phi) is 4.25. The van der Waals surface area contributed by atoms with E-state index in [9.17, 15) is 4.79 Å². The van der Waals surface area contributed by atoms with E-state index in [1.54, 1.807) is 6.07 Å². The smallest absolute Gasteiger partial charge is 0.177 e. The summed E-state index contributed by atoms with van der Waals surface area (Å²) in [6.07, 6.45) is 0.421. The van der Waals surface area contributed by atoms with Crippen molar-refractivity contribution in [1.82, 2.24) is 0 Å². The number of ketones is 1. The number of carbonyl (C=O) groups is 1. The zero-order valence-electron chi connectivity index (χ0n) is 10.1. The molecule has 0 aliphatic rings. The van der Waals surface area contributed by atoms with E-state index in [0.29, 0.717) is 15.6 Å². The number of carbonyl (C=O) groups excluding carboxylic acids is 1. The zero-order valence-corrected chi connectivity index (χ0v) is 13.2. The average Bonchev–Trinajstić information content (AvgIpc) is 2.65. The summed E-state index contributed by atoms with van der Waals surface area (Å²) in [5.74, 6) is 0.107. The Labute approximate surface area is 124 Å². The summed E-state index contributed by atoms with van der Waals surface area (Å²) in [4.78, 5) is 12.8. The van der Waals surface area contributed by atoms with Crippen LogP contribution in [0.5, 0.6) is 0 Å². The number of hydrogen-bond donors (Lipinski definition) is 0. The molecular weight excluding hydrogens is 332 g/mol. The van der Waals surface area contributed by atoms with Crippen molar-refractivity contribution >= 4 is 44.7 Å². The van der Waals surface area contributed by atoms with Crippen molar-refractivity contribution < 1.29 is 4.79 Å². The van der Waals surface area contributed by atoms with Crippen molar-refractivity contribution in [2.45, 2.75) is 20.3 Å². The molecule has 1 aromatic heterocycles. The number of hydrogen-bond acceptors (Lipinski definition) is 2. The predicted molar refractivity (Wildman–Crippen MR) is 81.0 cm³/mol. The lowest BCUT2D eigenvalue weighted by Crippen LogP contribution is -2.01. The van der Waals surface area contributed by atoms with Crippen LogP contribution in [0.1, 0.15) is 26.4 Å². The van der Waals surface area contributed by atoms with Gasteiger partial charge in [-0.1, -0.05) is 29.8 Å². The highest BCUT2D eigenvalue weighted by atomic mass is 79.9. The number of rotatable bonds is 3. The minimum absolute atomic E-state index is 0.107. The van der Waals surface area contributed by atoms with Crippen LogP contribution in [0.25, 0.3) is 0 Å². The molecule has 0 spiro atoms. The first kappa shape index (κ1) is 13.8. The Morgan fingerprint density at radius 3 is 2.56 bits per heavy atom. The van der Waals surface area contributed by atoms with E-state index in [0.717, 1.165) is 10.0 Å². The normalized spacial score (nSPS) is 10.7. The summed E-state index contributed by atoms with van der Waals surface area (Å²) in [5, 5.41) is 0. The second-order valence-electron chi connectivity index (χ2n) is 4.25. The third-order valence-corrected chi connectivity index (χ3v) is 5.37. The maximum atomic E-state index is 12.1. The van der Waals surface area contributed by atoms with Gasteiger partial charge < -0.3 is 0 Å². The lowest BCUT2D eigenvalue weighted by Gasteiger charge is -2.03. The van der Waals surface area contributed by atoms with Gasteiger partial charge in [0, 0.05) is 10.9 Å². The molecule has 0 saturated heterocycles. The molecule has 1 aromatic carbocycles. The fraction of sp³-hybridized carbons (Fsp3) is 0.214. The minimum atomic E-state index is 0.107. The molecule has 1 nitrogen and oxygen atoms in total. The van der Waals surface area contributed by atoms with Crippen molar-refractivity contribution in [3.8, 4) is 0 Å². The zero-order chi connectivity index (χ0) is 13.3. The van der Waals surface area contributed by atoms with E-state index in [2.05, 4.69) is 41.9 Å². The van der Waals surface area contributed by atoms with Gasteiger partial charge in [-0.15, -0.1) is 11.3 Å². The average molecular weight is 344 g/mol. The lowest BCUT2D eigenvalue weighted by atomic mass is 10.0. The van der Waals surface area contributed by atoms with Gasteiger partial charge in [0.1, 0.15) is 4.34 Å². The third-order valence-electron chi connectivity index (χ3n) is 2.86. The van der Waals surface area contributed by atoms with E-state index in [4.69, 9.17) is 11.6 Å². The van der Waals surface area contributed by atoms with Crippen LogP contribution in [0.3, 0.4) is 0 Å². The summed E-state index contributed by atoms with van der Waals surface area (Å²) < 4.78 is 1.41. The van der Waals surface area contributed by atoms with Gasteiger partial charge in [-0.2, -0.15) is 0 Å². The van der Waals surface area contributed by atoms with Crippen LogP contribution in [0, 0.1) is 13.8 Å². The van der Waals surface area contributed by atoms with Crippen LogP contribution in [0.4, 0.5) is 0 Å². The molecule has 94 valence electrons. The molecule has 0 saturated carbocycles. The largest absolute Gasteiger partial charge is 0.293 e. The number of aryl methyl sites for hydroxylation is 2. The highest BCUT2D eigenvalue weighted by Crippen LogP contribution is 2.32. The number of benzene rings is 1. The molecule has 0 atom stereocenters. The first-order valence-corrected chi connectivity index (χ1v) is 7.50. The van der Waals surface area contributed by atoms with Crippen molar-refractivity contribution in [1.29, 1.82) is 0 Å². The summed E-state index contributed by atoms with van der Waals surface area (Å²) >= 11 is 10.6. The van der Waals surface area contributed by atoms with E-state index >= 15 is 0 Å². The molecular formula is C14H12BrClOS. The Morgan fingerprint density at radius 2 is 2.00 bits per heavy atom. The summed E-state index contributed by atoms with van der Waals surface area (Å²) in [7, 11) is 0. The van der Waals surface area contributed by atoms with Crippen molar-refractivity contribution in [3.63, 3.8) is 0 Å². The Morgan fingerprint density at radius 1 is 1.28 bits per heavy atom. The van der Waals surface area contributed by atoms with Crippen molar-refractivity contribution in [2.24, 2.45) is 0 Å². The molecule has 0 fully saturated rings. The SMILES string of the molecule is Cc1ccc(CC(=O)c2cc(Br)c(Cl)s2)cc1C. The molecule has 2 aromatic rings. The first-order chi connectivity index (χ1) is 8.47. The molecule has 1 heterocycles. The Hall–Kier alpha value is -0.640. The second-order valence-corrected chi connectivity index (χ2v) is 6.76. The lowest BCUT2D eigenvalue weighted by molar-refractivity contribution is 0.0997. The van der Waals surface area contributed by atoms with Gasteiger partial charge >= 0.3 is 0 Å². The van der Waals surface area contributed by atoms with E-state index in [1.807, 2.05) is 6.07 Å². The second kappa shape index (κ2) is 5.55. The summed E-state index contributed by atoms with van der Waals surface area (Å²) in [6.45, 7) is 4.12. The van der Waals surface area contributed by atoms with Gasteiger partial charge in [0.05, 0.1) is 4.88 Å². The fourth-order valence-electron chi connectivity index (χ4n) is 1.67. The van der Waals surface area contributed by atoms with E-state index in [1.165, 1.54) is 22.5 Å². The molecule has 0 unspecified atom stereocenters.